The smallest absolute Gasteiger partial charge is 0.0558 e. The van der Waals surface area contributed by atoms with Gasteiger partial charge in [-0.25, -0.2) is 0 Å². The average molecular weight is 203 g/mol. The highest BCUT2D eigenvalue weighted by atomic mass is 16.3. The summed E-state index contributed by atoms with van der Waals surface area (Å²) in [4.78, 5) is 6.65. The molecule has 4 heteroatoms. The lowest BCUT2D eigenvalue weighted by molar-refractivity contribution is 0.197. The van der Waals surface area contributed by atoms with Crippen molar-refractivity contribution in [2.75, 3.05) is 67.5 Å². The lowest BCUT2D eigenvalue weighted by Crippen LogP contribution is -2.35. The maximum absolute atomic E-state index is 8.72. The number of hydrogen-bond donors (Lipinski definition) is 1. The summed E-state index contributed by atoms with van der Waals surface area (Å²) in [6.07, 6.45) is 0. The first-order valence-electron chi connectivity index (χ1n) is 5.19. The van der Waals surface area contributed by atoms with Crippen LogP contribution in [0.15, 0.2) is 0 Å². The molecule has 0 radical (unpaired) electrons. The molecule has 0 rings (SSSR count). The topological polar surface area (TPSA) is 30.0 Å². The van der Waals surface area contributed by atoms with E-state index < -0.39 is 0 Å². The highest BCUT2D eigenvalue weighted by Gasteiger charge is 2.01. The van der Waals surface area contributed by atoms with Crippen molar-refractivity contribution in [2.45, 2.75) is 0 Å². The highest BCUT2D eigenvalue weighted by Crippen LogP contribution is 1.87. The fraction of sp³-hybridized carbons (Fsp3) is 1.00. The van der Waals surface area contributed by atoms with Crippen molar-refractivity contribution in [2.24, 2.45) is 0 Å². The Morgan fingerprint density at radius 1 is 0.714 bits per heavy atom. The molecule has 0 aliphatic carbocycles. The first-order valence-corrected chi connectivity index (χ1v) is 5.19. The van der Waals surface area contributed by atoms with Gasteiger partial charge in [0, 0.05) is 32.7 Å². The Kier molecular flexibility index (Phi) is 8.08. The summed E-state index contributed by atoms with van der Waals surface area (Å²) < 4.78 is 0. The zero-order chi connectivity index (χ0) is 11.0. The lowest BCUT2D eigenvalue weighted by atomic mass is 10.4. The molecule has 86 valence electrons. The first kappa shape index (κ1) is 13.8. The van der Waals surface area contributed by atoms with Crippen LogP contribution in [-0.4, -0.2) is 87.3 Å². The number of likely N-dealkylation sites (N-methyl/N-ethyl adjacent to an activating group) is 3. The van der Waals surface area contributed by atoms with Crippen molar-refractivity contribution >= 4 is 0 Å². The molecule has 0 spiro atoms. The van der Waals surface area contributed by atoms with Crippen molar-refractivity contribution in [3.05, 3.63) is 0 Å². The summed E-state index contributed by atoms with van der Waals surface area (Å²) in [7, 11) is 8.35. The number of hydrogen-bond acceptors (Lipinski definition) is 4. The van der Waals surface area contributed by atoms with Crippen LogP contribution in [0.2, 0.25) is 0 Å². The molecule has 0 atom stereocenters. The second-order valence-corrected chi connectivity index (χ2v) is 4.13. The molecule has 0 saturated heterocycles. The van der Waals surface area contributed by atoms with E-state index in [9.17, 15) is 0 Å². The molecule has 0 aromatic heterocycles. The van der Waals surface area contributed by atoms with Gasteiger partial charge in [0.15, 0.2) is 0 Å². The summed E-state index contributed by atoms with van der Waals surface area (Å²) in [6.45, 7) is 5.29. The number of rotatable bonds is 8. The normalized spacial score (nSPS) is 12.0. The summed E-state index contributed by atoms with van der Waals surface area (Å²) in [5, 5.41) is 8.72. The van der Waals surface area contributed by atoms with Gasteiger partial charge in [-0.3, -0.25) is 0 Å². The fourth-order valence-corrected chi connectivity index (χ4v) is 1.11. The number of aliphatic hydroxyl groups is 1. The molecule has 0 heterocycles. The molecule has 14 heavy (non-hydrogen) atoms. The van der Waals surface area contributed by atoms with Crippen molar-refractivity contribution in [3.63, 3.8) is 0 Å². The van der Waals surface area contributed by atoms with Crippen LogP contribution < -0.4 is 0 Å². The van der Waals surface area contributed by atoms with Gasteiger partial charge in [-0.1, -0.05) is 0 Å². The molecule has 1 N–H and O–H groups in total. The van der Waals surface area contributed by atoms with E-state index in [0.717, 1.165) is 32.7 Å². The zero-order valence-electron chi connectivity index (χ0n) is 10.0. The minimum Gasteiger partial charge on any atom is -0.395 e. The van der Waals surface area contributed by atoms with E-state index in [4.69, 9.17) is 5.11 Å². The minimum absolute atomic E-state index is 0.248. The Hall–Kier alpha value is -0.160. The summed E-state index contributed by atoms with van der Waals surface area (Å²) in [6, 6.07) is 0. The maximum atomic E-state index is 8.72. The Morgan fingerprint density at radius 3 is 1.57 bits per heavy atom. The van der Waals surface area contributed by atoms with Crippen LogP contribution in [0, 0.1) is 0 Å². The molecule has 0 aliphatic rings. The third kappa shape index (κ3) is 8.44. The zero-order valence-corrected chi connectivity index (χ0v) is 10.0. The molecule has 0 bridgehead atoms. The van der Waals surface area contributed by atoms with Gasteiger partial charge in [-0.05, 0) is 28.2 Å². The van der Waals surface area contributed by atoms with E-state index in [1.54, 1.807) is 0 Å². The van der Waals surface area contributed by atoms with E-state index in [0.29, 0.717) is 0 Å². The molecular formula is C10H25N3O. The first-order chi connectivity index (χ1) is 6.56. The number of aliphatic hydroxyl groups excluding tert-OH is 1. The van der Waals surface area contributed by atoms with Crippen LogP contribution in [0.5, 0.6) is 0 Å². The molecule has 0 aliphatic heterocycles. The van der Waals surface area contributed by atoms with Crippen LogP contribution in [-0.2, 0) is 0 Å². The Bertz CT molecular complexity index is 131. The van der Waals surface area contributed by atoms with Gasteiger partial charge in [0.05, 0.1) is 6.61 Å². The minimum atomic E-state index is 0.248. The van der Waals surface area contributed by atoms with Crippen molar-refractivity contribution in [3.8, 4) is 0 Å². The predicted molar refractivity (Wildman–Crippen MR) is 60.6 cm³/mol. The van der Waals surface area contributed by atoms with Gasteiger partial charge in [-0.15, -0.1) is 0 Å². The summed E-state index contributed by atoms with van der Waals surface area (Å²) in [5.41, 5.74) is 0. The third-order valence-electron chi connectivity index (χ3n) is 2.27. The standard InChI is InChI=1S/C10H25N3O/c1-11(2)5-6-12(3)7-8-13(4)9-10-14/h14H,5-10H2,1-4H3. The molecule has 0 aromatic rings. The van der Waals surface area contributed by atoms with Crippen LogP contribution in [0.4, 0.5) is 0 Å². The van der Waals surface area contributed by atoms with Gasteiger partial charge < -0.3 is 19.8 Å². The van der Waals surface area contributed by atoms with E-state index in [1.807, 2.05) is 7.05 Å². The van der Waals surface area contributed by atoms with Crippen LogP contribution in [0.1, 0.15) is 0 Å². The molecule has 0 fully saturated rings. The Morgan fingerprint density at radius 2 is 1.14 bits per heavy atom. The predicted octanol–water partition coefficient (Wildman–Crippen LogP) is -0.596. The summed E-state index contributed by atoms with van der Waals surface area (Å²) >= 11 is 0. The number of nitrogens with zero attached hydrogens (tertiary/aromatic N) is 3. The van der Waals surface area contributed by atoms with Gasteiger partial charge in [0.25, 0.3) is 0 Å². The SMILES string of the molecule is CN(C)CCN(C)CCN(C)CCO. The van der Waals surface area contributed by atoms with Crippen molar-refractivity contribution in [1.82, 2.24) is 14.7 Å². The van der Waals surface area contributed by atoms with Gasteiger partial charge in [-0.2, -0.15) is 0 Å². The van der Waals surface area contributed by atoms with Crippen LogP contribution in [0.3, 0.4) is 0 Å². The molecule has 0 aromatic carbocycles. The largest absolute Gasteiger partial charge is 0.395 e. The third-order valence-corrected chi connectivity index (χ3v) is 2.27. The molecule has 0 saturated carbocycles. The summed E-state index contributed by atoms with van der Waals surface area (Å²) in [5.74, 6) is 0. The fourth-order valence-electron chi connectivity index (χ4n) is 1.11. The van der Waals surface area contributed by atoms with Gasteiger partial charge >= 0.3 is 0 Å². The lowest BCUT2D eigenvalue weighted by Gasteiger charge is -2.22. The molecular weight excluding hydrogens is 178 g/mol. The van der Waals surface area contributed by atoms with E-state index in [-0.39, 0.29) is 6.61 Å². The molecule has 0 amide bonds. The maximum Gasteiger partial charge on any atom is 0.0558 e. The monoisotopic (exact) mass is 203 g/mol. The Balaban J connectivity index is 3.38. The van der Waals surface area contributed by atoms with Crippen LogP contribution >= 0.6 is 0 Å². The van der Waals surface area contributed by atoms with E-state index in [1.165, 1.54) is 0 Å². The average Bonchev–Trinajstić information content (AvgIpc) is 2.12. The van der Waals surface area contributed by atoms with Gasteiger partial charge in [0.2, 0.25) is 0 Å². The van der Waals surface area contributed by atoms with Crippen molar-refractivity contribution in [1.29, 1.82) is 0 Å². The second-order valence-electron chi connectivity index (χ2n) is 4.13. The quantitative estimate of drug-likeness (QED) is 0.571. The van der Waals surface area contributed by atoms with Gasteiger partial charge in [0.1, 0.15) is 0 Å². The van der Waals surface area contributed by atoms with Crippen LogP contribution in [0.25, 0.3) is 0 Å². The van der Waals surface area contributed by atoms with E-state index in [2.05, 4.69) is 35.8 Å². The van der Waals surface area contributed by atoms with E-state index >= 15 is 0 Å². The molecule has 0 unspecified atom stereocenters. The highest BCUT2D eigenvalue weighted by molar-refractivity contribution is 4.57. The Labute approximate surface area is 88.1 Å². The van der Waals surface area contributed by atoms with Crippen molar-refractivity contribution < 1.29 is 5.11 Å². The second kappa shape index (κ2) is 8.17. The molecule has 4 nitrogen and oxygen atoms in total.